The molecule has 1 aromatic rings. The number of piperazine rings is 1. The maximum atomic E-state index is 12.3. The molecule has 1 amide bonds. The largest absolute Gasteiger partial charge is 0.494 e. The van der Waals surface area contributed by atoms with E-state index in [1.54, 1.807) is 4.90 Å². The van der Waals surface area contributed by atoms with E-state index in [4.69, 9.17) is 0 Å². The van der Waals surface area contributed by atoms with Gasteiger partial charge >= 0.3 is 0 Å². The van der Waals surface area contributed by atoms with Crippen LogP contribution >= 0.6 is 0 Å². The normalized spacial score (nSPS) is 20.7. The number of carbonyl (C=O) groups is 1. The zero-order valence-electron chi connectivity index (χ0n) is 11.1. The van der Waals surface area contributed by atoms with Crippen molar-refractivity contribution in [2.75, 3.05) is 39.3 Å². The lowest BCUT2D eigenvalue weighted by molar-refractivity contribution is 0.0501. The quantitative estimate of drug-likeness (QED) is 0.633. The zero-order chi connectivity index (χ0) is 14.1. The minimum atomic E-state index is -0.465. The Labute approximate surface area is 116 Å². The van der Waals surface area contributed by atoms with Gasteiger partial charge in [0.2, 0.25) is 0 Å². The lowest BCUT2D eigenvalue weighted by Gasteiger charge is -2.43. The van der Waals surface area contributed by atoms with E-state index in [0.717, 1.165) is 26.2 Å². The van der Waals surface area contributed by atoms with Gasteiger partial charge in [-0.25, -0.2) is 0 Å². The average Bonchev–Trinajstić information content (AvgIpc) is 2.35. The maximum Gasteiger partial charge on any atom is 0.254 e. The molecular formula is C13H18N4O3. The van der Waals surface area contributed by atoms with Crippen molar-refractivity contribution in [3.8, 4) is 5.88 Å². The number of pyridine rings is 1. The molecule has 0 unspecified atom stereocenters. The molecule has 7 heteroatoms. The van der Waals surface area contributed by atoms with Crippen LogP contribution in [0, 0.1) is 0 Å². The number of amides is 1. The predicted molar refractivity (Wildman–Crippen MR) is 72.9 cm³/mol. The summed E-state index contributed by atoms with van der Waals surface area (Å²) in [4.78, 5) is 29.9. The molecule has 108 valence electrons. The first-order valence-electron chi connectivity index (χ1n) is 6.81. The molecule has 0 radical (unpaired) electrons. The summed E-state index contributed by atoms with van der Waals surface area (Å²) >= 11 is 0. The van der Waals surface area contributed by atoms with Gasteiger partial charge in [0.25, 0.3) is 11.5 Å². The van der Waals surface area contributed by atoms with Gasteiger partial charge in [0.1, 0.15) is 0 Å². The van der Waals surface area contributed by atoms with Crippen LogP contribution in [0.3, 0.4) is 0 Å². The van der Waals surface area contributed by atoms with E-state index in [9.17, 15) is 14.7 Å². The molecule has 2 fully saturated rings. The monoisotopic (exact) mass is 278 g/mol. The topological polar surface area (TPSA) is 88.7 Å². The first kappa shape index (κ1) is 13.1. The third-order valence-electron chi connectivity index (χ3n) is 3.95. The van der Waals surface area contributed by atoms with Gasteiger partial charge in [-0.1, -0.05) is 0 Å². The molecule has 20 heavy (non-hydrogen) atoms. The Hall–Kier alpha value is -1.86. The Morgan fingerprint density at radius 3 is 2.45 bits per heavy atom. The van der Waals surface area contributed by atoms with E-state index < -0.39 is 5.56 Å². The Morgan fingerprint density at radius 2 is 1.90 bits per heavy atom. The Balaban J connectivity index is 1.64. The van der Waals surface area contributed by atoms with Gasteiger partial charge in [0.05, 0.1) is 5.56 Å². The molecule has 3 N–H and O–H groups in total. The van der Waals surface area contributed by atoms with Crippen molar-refractivity contribution in [1.29, 1.82) is 0 Å². The van der Waals surface area contributed by atoms with Crippen molar-refractivity contribution in [2.24, 2.45) is 0 Å². The molecule has 0 aliphatic carbocycles. The fourth-order valence-electron chi connectivity index (χ4n) is 2.66. The second-order valence-corrected chi connectivity index (χ2v) is 5.26. The maximum absolute atomic E-state index is 12.3. The highest BCUT2D eigenvalue weighted by molar-refractivity contribution is 5.94. The first-order chi connectivity index (χ1) is 9.63. The summed E-state index contributed by atoms with van der Waals surface area (Å²) in [6.07, 6.45) is 0. The minimum absolute atomic E-state index is 0.196. The standard InChI is InChI=1S/C13H18N4O3/c18-11-5-9(6-12(19)15-11)13(20)17-3-1-16(2-4-17)10-7-14-8-10/h5-6,10,14H,1-4,7-8H2,(H2,15,18,19). The van der Waals surface area contributed by atoms with Crippen LogP contribution in [0.25, 0.3) is 0 Å². The third-order valence-corrected chi connectivity index (χ3v) is 3.95. The second kappa shape index (κ2) is 5.26. The van der Waals surface area contributed by atoms with Crippen molar-refractivity contribution in [2.45, 2.75) is 6.04 Å². The van der Waals surface area contributed by atoms with Gasteiger partial charge < -0.3 is 15.3 Å². The number of rotatable bonds is 2. The van der Waals surface area contributed by atoms with Crippen molar-refractivity contribution in [3.63, 3.8) is 0 Å². The SMILES string of the molecule is O=C(c1cc(O)[nH]c(=O)c1)N1CCN(C2CNC2)CC1. The van der Waals surface area contributed by atoms with Crippen LogP contribution in [0.1, 0.15) is 10.4 Å². The highest BCUT2D eigenvalue weighted by Gasteiger charge is 2.29. The molecule has 0 atom stereocenters. The predicted octanol–water partition coefficient (Wildman–Crippen LogP) is -1.19. The minimum Gasteiger partial charge on any atom is -0.494 e. The summed E-state index contributed by atoms with van der Waals surface area (Å²) in [5, 5.41) is 12.6. The Kier molecular flexibility index (Phi) is 3.45. The molecule has 2 aliphatic rings. The number of nitrogens with zero attached hydrogens (tertiary/aromatic N) is 2. The number of aromatic hydroxyl groups is 1. The third kappa shape index (κ3) is 2.54. The van der Waals surface area contributed by atoms with E-state index in [-0.39, 0.29) is 17.4 Å². The summed E-state index contributed by atoms with van der Waals surface area (Å²) in [5.74, 6) is -0.474. The molecule has 3 heterocycles. The second-order valence-electron chi connectivity index (χ2n) is 5.26. The number of hydrogen-bond donors (Lipinski definition) is 3. The summed E-state index contributed by atoms with van der Waals surface area (Å²) in [5.41, 5.74) is -0.225. The summed E-state index contributed by atoms with van der Waals surface area (Å²) in [6, 6.07) is 3.12. The highest BCUT2D eigenvalue weighted by Crippen LogP contribution is 2.13. The molecule has 2 aliphatic heterocycles. The Bertz CT molecular complexity index is 559. The van der Waals surface area contributed by atoms with Gasteiger partial charge in [0.15, 0.2) is 5.88 Å². The highest BCUT2D eigenvalue weighted by atomic mass is 16.3. The van der Waals surface area contributed by atoms with E-state index in [1.165, 1.54) is 12.1 Å². The fourth-order valence-corrected chi connectivity index (χ4v) is 2.66. The Morgan fingerprint density at radius 1 is 1.20 bits per heavy atom. The summed E-state index contributed by atoms with van der Waals surface area (Å²) < 4.78 is 0. The van der Waals surface area contributed by atoms with E-state index >= 15 is 0 Å². The number of aromatic nitrogens is 1. The van der Waals surface area contributed by atoms with Crippen molar-refractivity contribution < 1.29 is 9.90 Å². The van der Waals surface area contributed by atoms with Gasteiger partial charge in [-0.15, -0.1) is 0 Å². The number of H-pyrrole nitrogens is 1. The molecule has 0 aromatic carbocycles. The van der Waals surface area contributed by atoms with Gasteiger partial charge in [0, 0.05) is 57.4 Å². The van der Waals surface area contributed by atoms with Crippen LogP contribution < -0.4 is 10.9 Å². The number of hydrogen-bond acceptors (Lipinski definition) is 5. The zero-order valence-corrected chi connectivity index (χ0v) is 11.1. The number of nitrogens with one attached hydrogen (secondary N) is 2. The van der Waals surface area contributed by atoms with Crippen molar-refractivity contribution in [1.82, 2.24) is 20.1 Å². The molecular weight excluding hydrogens is 260 g/mol. The van der Waals surface area contributed by atoms with Crippen molar-refractivity contribution in [3.05, 3.63) is 28.0 Å². The summed E-state index contributed by atoms with van der Waals surface area (Å²) in [7, 11) is 0. The van der Waals surface area contributed by atoms with Gasteiger partial charge in [-0.05, 0) is 0 Å². The smallest absolute Gasteiger partial charge is 0.254 e. The van der Waals surface area contributed by atoms with Gasteiger partial charge in [-0.2, -0.15) is 0 Å². The van der Waals surface area contributed by atoms with Crippen LogP contribution in [-0.2, 0) is 0 Å². The molecule has 0 saturated carbocycles. The van der Waals surface area contributed by atoms with Crippen LogP contribution in [0.4, 0.5) is 0 Å². The fraction of sp³-hybridized carbons (Fsp3) is 0.538. The van der Waals surface area contributed by atoms with Crippen LogP contribution in [0.15, 0.2) is 16.9 Å². The lowest BCUT2D eigenvalue weighted by Crippen LogP contribution is -2.62. The number of carbonyl (C=O) groups excluding carboxylic acids is 1. The molecule has 2 saturated heterocycles. The molecule has 0 spiro atoms. The summed E-state index contributed by atoms with van der Waals surface area (Å²) in [6.45, 7) is 5.07. The molecule has 7 nitrogen and oxygen atoms in total. The van der Waals surface area contributed by atoms with Crippen LogP contribution in [0.5, 0.6) is 5.88 Å². The van der Waals surface area contributed by atoms with Crippen LogP contribution in [0.2, 0.25) is 0 Å². The van der Waals surface area contributed by atoms with E-state index in [1.807, 2.05) is 0 Å². The average molecular weight is 278 g/mol. The number of aromatic amines is 1. The molecule has 1 aromatic heterocycles. The van der Waals surface area contributed by atoms with E-state index in [2.05, 4.69) is 15.2 Å². The first-order valence-corrected chi connectivity index (χ1v) is 6.81. The molecule has 3 rings (SSSR count). The molecule has 0 bridgehead atoms. The van der Waals surface area contributed by atoms with Gasteiger partial charge in [-0.3, -0.25) is 19.5 Å². The van der Waals surface area contributed by atoms with E-state index in [0.29, 0.717) is 19.1 Å². The lowest BCUT2D eigenvalue weighted by atomic mass is 10.1. The van der Waals surface area contributed by atoms with Crippen LogP contribution in [-0.4, -0.2) is 71.1 Å². The van der Waals surface area contributed by atoms with Crippen molar-refractivity contribution >= 4 is 5.91 Å².